The van der Waals surface area contributed by atoms with Gasteiger partial charge in [-0.3, -0.25) is 9.59 Å². The van der Waals surface area contributed by atoms with E-state index in [1.165, 1.54) is 12.5 Å². The average Bonchev–Trinajstić information content (AvgIpc) is 2.38. The molecule has 20 heavy (non-hydrogen) atoms. The van der Waals surface area contributed by atoms with Gasteiger partial charge in [-0.25, -0.2) is 0 Å². The zero-order chi connectivity index (χ0) is 15.0. The standard InChI is InChI=1S/C14H19N3O2S/c1-11(18)16-14(20)17(10-8-13(15)19)9-7-12-5-3-2-4-6-12/h2-6H,7-10H2,1H3,(H2,15,19)(H,16,18,20). The van der Waals surface area contributed by atoms with E-state index in [1.54, 1.807) is 4.90 Å². The molecule has 3 N–H and O–H groups in total. The van der Waals surface area contributed by atoms with Gasteiger partial charge in [0, 0.05) is 26.4 Å². The molecule has 0 atom stereocenters. The van der Waals surface area contributed by atoms with Crippen LogP contribution in [0.5, 0.6) is 0 Å². The lowest BCUT2D eigenvalue weighted by Gasteiger charge is -2.24. The molecule has 5 nitrogen and oxygen atoms in total. The topological polar surface area (TPSA) is 75.4 Å². The highest BCUT2D eigenvalue weighted by molar-refractivity contribution is 7.80. The summed E-state index contributed by atoms with van der Waals surface area (Å²) in [5.74, 6) is -0.612. The van der Waals surface area contributed by atoms with E-state index in [0.717, 1.165) is 6.42 Å². The maximum atomic E-state index is 11.1. The monoisotopic (exact) mass is 293 g/mol. The first kappa shape index (κ1) is 16.1. The number of carbonyl (C=O) groups is 2. The Kier molecular flexibility index (Phi) is 6.66. The third-order valence-corrected chi connectivity index (χ3v) is 3.07. The van der Waals surface area contributed by atoms with E-state index in [2.05, 4.69) is 5.32 Å². The molecule has 2 amide bonds. The zero-order valence-electron chi connectivity index (χ0n) is 11.5. The van der Waals surface area contributed by atoms with E-state index in [0.29, 0.717) is 18.2 Å². The minimum atomic E-state index is -0.389. The molecule has 0 aromatic heterocycles. The SMILES string of the molecule is CC(=O)NC(=S)N(CCC(N)=O)CCc1ccccc1. The molecular formula is C14H19N3O2S. The molecule has 0 saturated heterocycles. The number of nitrogens with zero attached hydrogens (tertiary/aromatic N) is 1. The predicted molar refractivity (Wildman–Crippen MR) is 81.9 cm³/mol. The van der Waals surface area contributed by atoms with Crippen molar-refractivity contribution in [3.63, 3.8) is 0 Å². The van der Waals surface area contributed by atoms with Gasteiger partial charge in [-0.2, -0.15) is 0 Å². The second kappa shape index (κ2) is 8.27. The predicted octanol–water partition coefficient (Wildman–Crippen LogP) is 0.828. The fourth-order valence-electron chi connectivity index (χ4n) is 1.70. The smallest absolute Gasteiger partial charge is 0.222 e. The first-order valence-corrected chi connectivity index (χ1v) is 6.78. The van der Waals surface area contributed by atoms with Crippen molar-refractivity contribution >= 4 is 29.1 Å². The second-order valence-electron chi connectivity index (χ2n) is 4.43. The largest absolute Gasteiger partial charge is 0.370 e. The van der Waals surface area contributed by atoms with Crippen molar-refractivity contribution in [1.29, 1.82) is 0 Å². The summed E-state index contributed by atoms with van der Waals surface area (Å²) in [7, 11) is 0. The van der Waals surface area contributed by atoms with Crippen LogP contribution in [0.15, 0.2) is 30.3 Å². The van der Waals surface area contributed by atoms with Crippen LogP contribution in [0.3, 0.4) is 0 Å². The molecule has 1 aromatic rings. The number of rotatable bonds is 6. The van der Waals surface area contributed by atoms with Crippen LogP contribution in [0.25, 0.3) is 0 Å². The number of amides is 2. The van der Waals surface area contributed by atoms with Gasteiger partial charge in [-0.15, -0.1) is 0 Å². The first-order chi connectivity index (χ1) is 9.49. The summed E-state index contributed by atoms with van der Waals surface area (Å²) in [4.78, 5) is 23.7. The highest BCUT2D eigenvalue weighted by Gasteiger charge is 2.12. The number of nitrogens with one attached hydrogen (secondary N) is 1. The van der Waals surface area contributed by atoms with Gasteiger partial charge in [0.25, 0.3) is 0 Å². The normalized spacial score (nSPS) is 9.85. The number of hydrogen-bond donors (Lipinski definition) is 2. The summed E-state index contributed by atoms with van der Waals surface area (Å²) in [6, 6.07) is 9.93. The summed E-state index contributed by atoms with van der Waals surface area (Å²) in [6.45, 7) is 2.42. The molecule has 0 aliphatic carbocycles. The van der Waals surface area contributed by atoms with Crippen LogP contribution in [0.4, 0.5) is 0 Å². The molecule has 0 bridgehead atoms. The molecule has 0 unspecified atom stereocenters. The first-order valence-electron chi connectivity index (χ1n) is 6.37. The van der Waals surface area contributed by atoms with Gasteiger partial charge in [0.05, 0.1) is 0 Å². The zero-order valence-corrected chi connectivity index (χ0v) is 12.3. The molecule has 0 spiro atoms. The third kappa shape index (κ3) is 6.29. The molecule has 0 aliphatic rings. The maximum Gasteiger partial charge on any atom is 0.222 e. The summed E-state index contributed by atoms with van der Waals surface area (Å²) in [6.07, 6.45) is 0.980. The minimum absolute atomic E-state index is 0.203. The number of primary amides is 1. The number of benzene rings is 1. The Balaban J connectivity index is 2.59. The van der Waals surface area contributed by atoms with Crippen molar-refractivity contribution in [2.45, 2.75) is 19.8 Å². The van der Waals surface area contributed by atoms with Crippen molar-refractivity contribution in [2.24, 2.45) is 5.73 Å². The lowest BCUT2D eigenvalue weighted by molar-refractivity contribution is -0.118. The molecule has 6 heteroatoms. The maximum absolute atomic E-state index is 11.1. The lowest BCUT2D eigenvalue weighted by atomic mass is 10.1. The van der Waals surface area contributed by atoms with Gasteiger partial charge in [0.2, 0.25) is 11.8 Å². The van der Waals surface area contributed by atoms with Crippen LogP contribution in [0, 0.1) is 0 Å². The fourth-order valence-corrected chi connectivity index (χ4v) is 2.02. The Morgan fingerprint density at radius 1 is 1.25 bits per heavy atom. The minimum Gasteiger partial charge on any atom is -0.370 e. The van der Waals surface area contributed by atoms with Crippen LogP contribution in [0.1, 0.15) is 18.9 Å². The van der Waals surface area contributed by atoms with Crippen LogP contribution in [-0.4, -0.2) is 34.9 Å². The number of nitrogens with two attached hydrogens (primary N) is 1. The Morgan fingerprint density at radius 2 is 1.90 bits per heavy atom. The number of carbonyl (C=O) groups excluding carboxylic acids is 2. The van der Waals surface area contributed by atoms with Crippen LogP contribution >= 0.6 is 12.2 Å². The Morgan fingerprint density at radius 3 is 2.45 bits per heavy atom. The molecule has 0 fully saturated rings. The molecular weight excluding hydrogens is 274 g/mol. The Bertz CT molecular complexity index is 477. The molecule has 1 rings (SSSR count). The summed E-state index contributed by atoms with van der Waals surface area (Å²) in [5.41, 5.74) is 6.32. The van der Waals surface area contributed by atoms with Crippen LogP contribution in [-0.2, 0) is 16.0 Å². The van der Waals surface area contributed by atoms with Crippen molar-refractivity contribution < 1.29 is 9.59 Å². The van der Waals surface area contributed by atoms with Crippen molar-refractivity contribution in [2.75, 3.05) is 13.1 Å². The van der Waals surface area contributed by atoms with E-state index in [9.17, 15) is 9.59 Å². The Labute approximate surface area is 124 Å². The van der Waals surface area contributed by atoms with Crippen molar-refractivity contribution in [1.82, 2.24) is 10.2 Å². The van der Waals surface area contributed by atoms with Gasteiger partial charge in [-0.1, -0.05) is 30.3 Å². The molecule has 0 radical (unpaired) electrons. The highest BCUT2D eigenvalue weighted by Crippen LogP contribution is 2.03. The van der Waals surface area contributed by atoms with E-state index in [-0.39, 0.29) is 18.2 Å². The number of hydrogen-bond acceptors (Lipinski definition) is 3. The molecule has 108 valence electrons. The summed E-state index contributed by atoms with van der Waals surface area (Å²) in [5, 5.41) is 2.90. The lowest BCUT2D eigenvalue weighted by Crippen LogP contribution is -2.44. The van der Waals surface area contributed by atoms with Gasteiger partial charge in [0.1, 0.15) is 0 Å². The van der Waals surface area contributed by atoms with E-state index < -0.39 is 0 Å². The molecule has 0 heterocycles. The van der Waals surface area contributed by atoms with Gasteiger partial charge >= 0.3 is 0 Å². The van der Waals surface area contributed by atoms with Gasteiger partial charge < -0.3 is 16.0 Å². The summed E-state index contributed by atoms with van der Waals surface area (Å²) >= 11 is 5.16. The Hall–Kier alpha value is -1.95. The number of thiocarbonyl (C=S) groups is 1. The fraction of sp³-hybridized carbons (Fsp3) is 0.357. The van der Waals surface area contributed by atoms with Crippen molar-refractivity contribution in [3.8, 4) is 0 Å². The van der Waals surface area contributed by atoms with Gasteiger partial charge in [0.15, 0.2) is 5.11 Å². The second-order valence-corrected chi connectivity index (χ2v) is 4.81. The van der Waals surface area contributed by atoms with Crippen LogP contribution < -0.4 is 11.1 Å². The van der Waals surface area contributed by atoms with E-state index >= 15 is 0 Å². The molecule has 1 aromatic carbocycles. The third-order valence-electron chi connectivity index (χ3n) is 2.71. The quantitative estimate of drug-likeness (QED) is 0.762. The van der Waals surface area contributed by atoms with Gasteiger partial charge in [-0.05, 0) is 24.2 Å². The highest BCUT2D eigenvalue weighted by atomic mass is 32.1. The van der Waals surface area contributed by atoms with E-state index in [4.69, 9.17) is 18.0 Å². The average molecular weight is 293 g/mol. The molecule has 0 saturated carbocycles. The van der Waals surface area contributed by atoms with Crippen molar-refractivity contribution in [3.05, 3.63) is 35.9 Å². The molecule has 0 aliphatic heterocycles. The summed E-state index contributed by atoms with van der Waals surface area (Å²) < 4.78 is 0. The van der Waals surface area contributed by atoms with E-state index in [1.807, 2.05) is 30.3 Å². The van der Waals surface area contributed by atoms with Crippen LogP contribution in [0.2, 0.25) is 0 Å².